The van der Waals surface area contributed by atoms with Gasteiger partial charge in [0.2, 0.25) is 5.95 Å². The molecule has 8 nitrogen and oxygen atoms in total. The van der Waals surface area contributed by atoms with Gasteiger partial charge in [-0.15, -0.1) is 24.0 Å². The predicted octanol–water partition coefficient (Wildman–Crippen LogP) is 2.79. The zero-order chi connectivity index (χ0) is 20.5. The van der Waals surface area contributed by atoms with Gasteiger partial charge in [-0.3, -0.25) is 4.99 Å². The number of guanidine groups is 1. The first-order valence-electron chi connectivity index (χ1n) is 10.0. The molecule has 0 saturated carbocycles. The lowest BCUT2D eigenvalue weighted by Crippen LogP contribution is -2.52. The van der Waals surface area contributed by atoms with Gasteiger partial charge in [-0.2, -0.15) is 0 Å². The molecule has 9 heteroatoms. The zero-order valence-corrected chi connectivity index (χ0v) is 20.2. The number of aromatic nitrogens is 2. The molecule has 0 radical (unpaired) electrons. The highest BCUT2D eigenvalue weighted by Gasteiger charge is 2.21. The summed E-state index contributed by atoms with van der Waals surface area (Å²) in [5.41, 5.74) is 1.11. The fourth-order valence-corrected chi connectivity index (χ4v) is 3.24. The second-order valence-electron chi connectivity index (χ2n) is 6.76. The van der Waals surface area contributed by atoms with Gasteiger partial charge in [-0.05, 0) is 30.2 Å². The van der Waals surface area contributed by atoms with Crippen molar-refractivity contribution in [1.82, 2.24) is 20.2 Å². The number of nitrogens with zero attached hydrogens (tertiary/aromatic N) is 5. The molecule has 0 aliphatic carbocycles. The number of rotatable bonds is 7. The van der Waals surface area contributed by atoms with Crippen molar-refractivity contribution >= 4 is 35.9 Å². The Kier molecular flexibility index (Phi) is 9.92. The van der Waals surface area contributed by atoms with E-state index in [-0.39, 0.29) is 24.0 Å². The number of anilines is 1. The molecule has 0 unspecified atom stereocenters. The van der Waals surface area contributed by atoms with Crippen LogP contribution in [0.5, 0.6) is 11.5 Å². The second-order valence-corrected chi connectivity index (χ2v) is 6.76. The average Bonchev–Trinajstić information content (AvgIpc) is 2.79. The lowest BCUT2D eigenvalue weighted by Gasteiger charge is -2.36. The fourth-order valence-electron chi connectivity index (χ4n) is 3.24. The van der Waals surface area contributed by atoms with Crippen molar-refractivity contribution in [1.29, 1.82) is 0 Å². The average molecular weight is 526 g/mol. The zero-order valence-electron chi connectivity index (χ0n) is 17.9. The lowest BCUT2D eigenvalue weighted by atomic mass is 10.2. The Morgan fingerprint density at radius 2 is 1.87 bits per heavy atom. The van der Waals surface area contributed by atoms with Gasteiger partial charge < -0.3 is 24.6 Å². The van der Waals surface area contributed by atoms with E-state index in [1.165, 1.54) is 0 Å². The van der Waals surface area contributed by atoms with Gasteiger partial charge >= 0.3 is 0 Å². The van der Waals surface area contributed by atoms with Crippen molar-refractivity contribution in [3.8, 4) is 11.5 Å². The van der Waals surface area contributed by atoms with Crippen molar-refractivity contribution in [2.24, 2.45) is 4.99 Å². The van der Waals surface area contributed by atoms with Crippen LogP contribution >= 0.6 is 24.0 Å². The summed E-state index contributed by atoms with van der Waals surface area (Å²) in [6, 6.07) is 7.87. The van der Waals surface area contributed by atoms with Crippen molar-refractivity contribution in [3.05, 3.63) is 42.2 Å². The molecule has 1 aliphatic rings. The van der Waals surface area contributed by atoms with E-state index in [9.17, 15) is 0 Å². The van der Waals surface area contributed by atoms with E-state index < -0.39 is 0 Å². The summed E-state index contributed by atoms with van der Waals surface area (Å²) in [6.07, 6.45) is 4.52. The Morgan fingerprint density at radius 1 is 1.13 bits per heavy atom. The monoisotopic (exact) mass is 526 g/mol. The summed E-state index contributed by atoms with van der Waals surface area (Å²) in [5, 5.41) is 3.45. The number of hydrogen-bond donors (Lipinski definition) is 1. The summed E-state index contributed by atoms with van der Waals surface area (Å²) in [7, 11) is 3.48. The first kappa shape index (κ1) is 24.0. The molecule has 0 bridgehead atoms. The molecule has 1 saturated heterocycles. The summed E-state index contributed by atoms with van der Waals surface area (Å²) in [4.78, 5) is 17.6. The van der Waals surface area contributed by atoms with E-state index in [0.717, 1.165) is 61.6 Å². The summed E-state index contributed by atoms with van der Waals surface area (Å²) in [5.74, 6) is 3.21. The van der Waals surface area contributed by atoms with Crippen LogP contribution in [0.3, 0.4) is 0 Å². The predicted molar refractivity (Wildman–Crippen MR) is 130 cm³/mol. The van der Waals surface area contributed by atoms with E-state index >= 15 is 0 Å². The maximum absolute atomic E-state index is 5.73. The molecule has 1 aromatic carbocycles. The van der Waals surface area contributed by atoms with Gasteiger partial charge in [-0.1, -0.05) is 13.0 Å². The van der Waals surface area contributed by atoms with Gasteiger partial charge in [-0.25, -0.2) is 9.97 Å². The molecule has 2 heterocycles. The molecule has 0 atom stereocenters. The molecule has 2 aromatic rings. The van der Waals surface area contributed by atoms with Crippen molar-refractivity contribution in [3.63, 3.8) is 0 Å². The van der Waals surface area contributed by atoms with Crippen LogP contribution in [0.25, 0.3) is 0 Å². The smallest absolute Gasteiger partial charge is 0.225 e. The first-order valence-corrected chi connectivity index (χ1v) is 10.0. The van der Waals surface area contributed by atoms with Crippen LogP contribution in [0.2, 0.25) is 0 Å². The van der Waals surface area contributed by atoms with E-state index in [2.05, 4.69) is 43.1 Å². The molecule has 1 fully saturated rings. The quantitative estimate of drug-likeness (QED) is 0.338. The van der Waals surface area contributed by atoms with Gasteiger partial charge in [0, 0.05) is 52.2 Å². The molecule has 0 spiro atoms. The maximum atomic E-state index is 5.73. The number of ether oxygens (including phenoxy) is 2. The minimum absolute atomic E-state index is 0. The Balaban J connectivity index is 0.00000320. The third kappa shape index (κ3) is 6.35. The van der Waals surface area contributed by atoms with Gasteiger partial charge in [0.25, 0.3) is 0 Å². The minimum Gasteiger partial charge on any atom is -0.493 e. The SMILES string of the molecule is CCCOc1ccc(CNC(=NC)N2CCN(c3ncccn3)CC2)cc1OC.I. The highest BCUT2D eigenvalue weighted by molar-refractivity contribution is 14.0. The Hall–Kier alpha value is -2.30. The number of halogens is 1. The number of piperazine rings is 1. The van der Waals surface area contributed by atoms with Crippen LogP contribution in [-0.2, 0) is 6.54 Å². The van der Waals surface area contributed by atoms with Crippen molar-refractivity contribution in [2.45, 2.75) is 19.9 Å². The molecule has 164 valence electrons. The van der Waals surface area contributed by atoms with E-state index in [1.54, 1.807) is 19.5 Å². The third-order valence-electron chi connectivity index (χ3n) is 4.77. The van der Waals surface area contributed by atoms with Crippen LogP contribution in [0.1, 0.15) is 18.9 Å². The van der Waals surface area contributed by atoms with E-state index in [1.807, 2.05) is 25.2 Å². The number of benzene rings is 1. The normalized spacial score (nSPS) is 14.2. The van der Waals surface area contributed by atoms with Crippen molar-refractivity contribution < 1.29 is 9.47 Å². The molecule has 30 heavy (non-hydrogen) atoms. The van der Waals surface area contributed by atoms with E-state index in [0.29, 0.717) is 13.2 Å². The van der Waals surface area contributed by atoms with Crippen LogP contribution in [-0.4, -0.2) is 67.8 Å². The molecule has 3 rings (SSSR count). The van der Waals surface area contributed by atoms with Gasteiger partial charge in [0.05, 0.1) is 13.7 Å². The Labute approximate surface area is 195 Å². The van der Waals surface area contributed by atoms with Gasteiger partial charge in [0.15, 0.2) is 17.5 Å². The second kappa shape index (κ2) is 12.4. The summed E-state index contributed by atoms with van der Waals surface area (Å²) >= 11 is 0. The standard InChI is InChI=1S/C21H30N6O2.HI/c1-4-14-29-18-7-6-17(15-19(18)28-3)16-25-20(22-2)26-10-12-27(13-11-26)21-23-8-5-9-24-21;/h5-9,15H,4,10-14,16H2,1-3H3,(H,22,25);1H. The number of hydrogen-bond acceptors (Lipinski definition) is 6. The minimum atomic E-state index is 0. The summed E-state index contributed by atoms with van der Waals surface area (Å²) in [6.45, 7) is 6.89. The molecular weight excluding hydrogens is 495 g/mol. The molecule has 1 N–H and O–H groups in total. The number of nitrogens with one attached hydrogen (secondary N) is 1. The number of methoxy groups -OCH3 is 1. The van der Waals surface area contributed by atoms with E-state index in [4.69, 9.17) is 9.47 Å². The first-order chi connectivity index (χ1) is 14.2. The highest BCUT2D eigenvalue weighted by Crippen LogP contribution is 2.28. The van der Waals surface area contributed by atoms with Crippen LogP contribution < -0.4 is 19.7 Å². The topological polar surface area (TPSA) is 75.1 Å². The highest BCUT2D eigenvalue weighted by atomic mass is 127. The lowest BCUT2D eigenvalue weighted by molar-refractivity contribution is 0.294. The van der Waals surface area contributed by atoms with Crippen LogP contribution in [0.4, 0.5) is 5.95 Å². The van der Waals surface area contributed by atoms with Gasteiger partial charge in [0.1, 0.15) is 0 Å². The largest absolute Gasteiger partial charge is 0.493 e. The third-order valence-corrected chi connectivity index (χ3v) is 4.77. The summed E-state index contributed by atoms with van der Waals surface area (Å²) < 4.78 is 11.2. The maximum Gasteiger partial charge on any atom is 0.225 e. The Bertz CT molecular complexity index is 797. The molecule has 0 amide bonds. The van der Waals surface area contributed by atoms with Crippen LogP contribution in [0, 0.1) is 0 Å². The molecular formula is C21H31IN6O2. The van der Waals surface area contributed by atoms with Crippen LogP contribution in [0.15, 0.2) is 41.7 Å². The fraction of sp³-hybridized carbons (Fsp3) is 0.476. The van der Waals surface area contributed by atoms with Crippen molar-refractivity contribution in [2.75, 3.05) is 51.8 Å². The molecule has 1 aromatic heterocycles. The Morgan fingerprint density at radius 3 is 2.50 bits per heavy atom. The molecule has 1 aliphatic heterocycles. The number of aliphatic imine (C=N–C) groups is 1.